The molecule has 1 N–H and O–H groups in total. The molecule has 0 spiro atoms. The molecule has 2 aromatic rings. The number of piperidine rings is 1. The highest BCUT2D eigenvalue weighted by Gasteiger charge is 2.24. The Morgan fingerprint density at radius 3 is 2.59 bits per heavy atom. The highest BCUT2D eigenvalue weighted by molar-refractivity contribution is 7.11. The van der Waals surface area contributed by atoms with Crippen LogP contribution in [0.1, 0.15) is 46.4 Å². The van der Waals surface area contributed by atoms with E-state index in [0.29, 0.717) is 6.54 Å². The normalized spacial score (nSPS) is 18.6. The number of carboxylic acids is 1. The van der Waals surface area contributed by atoms with Gasteiger partial charge in [-0.15, -0.1) is 11.3 Å². The van der Waals surface area contributed by atoms with Crippen molar-refractivity contribution in [3.05, 3.63) is 62.9 Å². The molecule has 3 rings (SSSR count). The predicted molar refractivity (Wildman–Crippen MR) is 113 cm³/mol. The van der Waals surface area contributed by atoms with Crippen LogP contribution in [0.25, 0.3) is 5.57 Å². The summed E-state index contributed by atoms with van der Waals surface area (Å²) in [5, 5.41) is 11.5. The summed E-state index contributed by atoms with van der Waals surface area (Å²) in [4.78, 5) is 14.9. The zero-order chi connectivity index (χ0) is 19.4. The van der Waals surface area contributed by atoms with Crippen molar-refractivity contribution in [3.63, 3.8) is 0 Å². The van der Waals surface area contributed by atoms with Crippen molar-refractivity contribution in [1.29, 1.82) is 0 Å². The molecule has 1 unspecified atom stereocenters. The van der Waals surface area contributed by atoms with E-state index < -0.39 is 5.97 Å². The van der Waals surface area contributed by atoms with Gasteiger partial charge in [-0.3, -0.25) is 4.79 Å². The van der Waals surface area contributed by atoms with Crippen molar-refractivity contribution in [2.45, 2.75) is 40.0 Å². The van der Waals surface area contributed by atoms with Crippen molar-refractivity contribution in [3.8, 4) is 0 Å². The molecule has 144 valence electrons. The second kappa shape index (κ2) is 8.85. The Balaban J connectivity index is 1.82. The van der Waals surface area contributed by atoms with Gasteiger partial charge in [0.15, 0.2) is 0 Å². The summed E-state index contributed by atoms with van der Waals surface area (Å²) in [6, 6.07) is 8.67. The van der Waals surface area contributed by atoms with E-state index in [1.807, 2.05) is 0 Å². The molecule has 4 heteroatoms. The number of carboxylic acid groups (broad SMARTS) is 1. The molecule has 1 aromatic heterocycles. The first-order valence-electron chi connectivity index (χ1n) is 9.73. The minimum atomic E-state index is -0.652. The lowest BCUT2D eigenvalue weighted by molar-refractivity contribution is -0.143. The van der Waals surface area contributed by atoms with Crippen LogP contribution in [-0.4, -0.2) is 35.6 Å². The number of thiophene rings is 1. The molecule has 1 atom stereocenters. The molecular weight excluding hydrogens is 354 g/mol. The van der Waals surface area contributed by atoms with Crippen LogP contribution in [0.4, 0.5) is 0 Å². The fraction of sp³-hybridized carbons (Fsp3) is 0.435. The second-order valence-electron chi connectivity index (χ2n) is 7.58. The van der Waals surface area contributed by atoms with Crippen LogP contribution in [0.5, 0.6) is 0 Å². The Bertz CT molecular complexity index is 816. The summed E-state index contributed by atoms with van der Waals surface area (Å²) in [6.07, 6.45) is 5.09. The Kier molecular flexibility index (Phi) is 6.51. The molecule has 1 aliphatic rings. The minimum absolute atomic E-state index is 0.208. The zero-order valence-electron chi connectivity index (χ0n) is 16.5. The molecule has 0 amide bonds. The topological polar surface area (TPSA) is 40.5 Å². The van der Waals surface area contributed by atoms with Gasteiger partial charge in [0.25, 0.3) is 0 Å². The molecule has 27 heavy (non-hydrogen) atoms. The Morgan fingerprint density at radius 1 is 1.22 bits per heavy atom. The van der Waals surface area contributed by atoms with Gasteiger partial charge in [-0.05, 0) is 85.9 Å². The molecule has 0 saturated carbocycles. The highest BCUT2D eigenvalue weighted by atomic mass is 32.1. The van der Waals surface area contributed by atoms with Gasteiger partial charge in [-0.25, -0.2) is 0 Å². The molecule has 3 nitrogen and oxygen atoms in total. The summed E-state index contributed by atoms with van der Waals surface area (Å²) >= 11 is 1.80. The quantitative estimate of drug-likeness (QED) is 0.737. The maximum Gasteiger partial charge on any atom is 0.307 e. The summed E-state index contributed by atoms with van der Waals surface area (Å²) < 4.78 is 0. The van der Waals surface area contributed by atoms with E-state index in [1.54, 1.807) is 11.3 Å². The van der Waals surface area contributed by atoms with Crippen LogP contribution in [-0.2, 0) is 4.79 Å². The zero-order valence-corrected chi connectivity index (χ0v) is 17.3. The third kappa shape index (κ3) is 4.69. The van der Waals surface area contributed by atoms with Gasteiger partial charge in [0.05, 0.1) is 5.92 Å². The highest BCUT2D eigenvalue weighted by Crippen LogP contribution is 2.34. The average molecular weight is 384 g/mol. The largest absolute Gasteiger partial charge is 0.481 e. The van der Waals surface area contributed by atoms with Crippen LogP contribution in [0.3, 0.4) is 0 Å². The summed E-state index contributed by atoms with van der Waals surface area (Å²) in [6.45, 7) is 9.15. The minimum Gasteiger partial charge on any atom is -0.481 e. The fourth-order valence-corrected chi connectivity index (χ4v) is 5.02. The van der Waals surface area contributed by atoms with Crippen LogP contribution in [0, 0.1) is 26.7 Å². The van der Waals surface area contributed by atoms with E-state index in [9.17, 15) is 9.90 Å². The van der Waals surface area contributed by atoms with E-state index in [1.165, 1.54) is 32.7 Å². The van der Waals surface area contributed by atoms with E-state index >= 15 is 0 Å². The molecule has 1 fully saturated rings. The molecular formula is C23H29NO2S. The van der Waals surface area contributed by atoms with Gasteiger partial charge < -0.3 is 10.0 Å². The van der Waals surface area contributed by atoms with E-state index in [0.717, 1.165) is 32.4 Å². The number of aliphatic carboxylic acids is 1. The number of carbonyl (C=O) groups is 1. The lowest BCUT2D eigenvalue weighted by atomic mass is 9.92. The Labute approximate surface area is 166 Å². The Hall–Kier alpha value is -1.91. The van der Waals surface area contributed by atoms with E-state index in [2.05, 4.69) is 61.4 Å². The maximum absolute atomic E-state index is 11.3. The number of likely N-dealkylation sites (tertiary alicyclic amines) is 1. The lowest BCUT2D eigenvalue weighted by Crippen LogP contribution is -2.39. The second-order valence-corrected chi connectivity index (χ2v) is 8.50. The number of nitrogens with zero attached hydrogens (tertiary/aromatic N) is 1. The summed E-state index contributed by atoms with van der Waals surface area (Å²) in [5.41, 5.74) is 6.59. The average Bonchev–Trinajstić information content (AvgIpc) is 3.06. The van der Waals surface area contributed by atoms with Gasteiger partial charge in [-0.2, -0.15) is 0 Å². The van der Waals surface area contributed by atoms with Crippen molar-refractivity contribution >= 4 is 22.9 Å². The molecule has 1 aromatic carbocycles. The van der Waals surface area contributed by atoms with Gasteiger partial charge >= 0.3 is 5.97 Å². The maximum atomic E-state index is 11.3. The molecule has 1 saturated heterocycles. The number of benzene rings is 1. The van der Waals surface area contributed by atoms with Crippen molar-refractivity contribution in [2.75, 3.05) is 19.6 Å². The van der Waals surface area contributed by atoms with Crippen LogP contribution in [0.15, 0.2) is 35.7 Å². The first-order valence-corrected chi connectivity index (χ1v) is 10.6. The van der Waals surface area contributed by atoms with Gasteiger partial charge in [0, 0.05) is 18.0 Å². The molecule has 0 aliphatic carbocycles. The number of hydrogen-bond acceptors (Lipinski definition) is 3. The first kappa shape index (κ1) is 19.8. The predicted octanol–water partition coefficient (Wildman–Crippen LogP) is 5.29. The smallest absolute Gasteiger partial charge is 0.307 e. The van der Waals surface area contributed by atoms with Crippen molar-refractivity contribution < 1.29 is 9.90 Å². The lowest BCUT2D eigenvalue weighted by Gasteiger charge is -2.30. The van der Waals surface area contributed by atoms with Gasteiger partial charge in [0.2, 0.25) is 0 Å². The van der Waals surface area contributed by atoms with Crippen LogP contribution < -0.4 is 0 Å². The SMILES string of the molecule is Cc1ccsc1C(=CCCN1CCCC(C(=O)O)C1)c1c(C)cccc1C. The molecule has 0 bridgehead atoms. The number of rotatable bonds is 6. The molecule has 1 aliphatic heterocycles. The van der Waals surface area contributed by atoms with Crippen LogP contribution in [0.2, 0.25) is 0 Å². The summed E-state index contributed by atoms with van der Waals surface area (Å²) in [7, 11) is 0. The standard InChI is InChI=1S/C23H29NO2S/c1-16-7-4-8-17(2)21(16)20(22-18(3)11-14-27-22)10-6-13-24-12-5-9-19(15-24)23(25)26/h4,7-8,10-11,14,19H,5-6,9,12-13,15H2,1-3H3,(H,25,26). The Morgan fingerprint density at radius 2 is 1.96 bits per heavy atom. The number of aryl methyl sites for hydroxylation is 3. The van der Waals surface area contributed by atoms with Crippen LogP contribution >= 0.6 is 11.3 Å². The van der Waals surface area contributed by atoms with Crippen molar-refractivity contribution in [1.82, 2.24) is 4.90 Å². The van der Waals surface area contributed by atoms with Gasteiger partial charge in [0.1, 0.15) is 0 Å². The summed E-state index contributed by atoms with van der Waals surface area (Å²) in [5.74, 6) is -0.860. The van der Waals surface area contributed by atoms with Gasteiger partial charge in [-0.1, -0.05) is 24.3 Å². The fourth-order valence-electron chi connectivity index (χ4n) is 4.05. The van der Waals surface area contributed by atoms with E-state index in [-0.39, 0.29) is 5.92 Å². The third-order valence-electron chi connectivity index (χ3n) is 5.51. The monoisotopic (exact) mass is 383 g/mol. The third-order valence-corrected chi connectivity index (χ3v) is 6.56. The molecule has 2 heterocycles. The first-order chi connectivity index (χ1) is 13.0. The number of hydrogen-bond donors (Lipinski definition) is 1. The molecule has 0 radical (unpaired) electrons. The van der Waals surface area contributed by atoms with E-state index in [4.69, 9.17) is 0 Å². The van der Waals surface area contributed by atoms with Crippen molar-refractivity contribution in [2.24, 2.45) is 5.92 Å².